The lowest BCUT2D eigenvalue weighted by Gasteiger charge is -2.10. The zero-order valence-corrected chi connectivity index (χ0v) is 14.3. The monoisotopic (exact) mass is 339 g/mol. The fourth-order valence-electron chi connectivity index (χ4n) is 3.22. The second-order valence-electron chi connectivity index (χ2n) is 6.02. The van der Waals surface area contributed by atoms with E-state index in [0.29, 0.717) is 11.7 Å². The first-order valence-electron chi connectivity index (χ1n) is 7.69. The molecule has 0 unspecified atom stereocenters. The predicted octanol–water partition coefficient (Wildman–Crippen LogP) is 4.23. The first-order chi connectivity index (χ1) is 10.4. The molecular formula is C16H21NO3S2. The predicted molar refractivity (Wildman–Crippen MR) is 90.7 cm³/mol. The van der Waals surface area contributed by atoms with Crippen molar-refractivity contribution in [1.29, 1.82) is 0 Å². The third-order valence-electron chi connectivity index (χ3n) is 4.37. The van der Waals surface area contributed by atoms with Gasteiger partial charge in [-0.15, -0.1) is 11.3 Å². The number of aryl methyl sites for hydroxylation is 1. The van der Waals surface area contributed by atoms with E-state index in [4.69, 9.17) is 9.32 Å². The molecule has 1 heterocycles. The van der Waals surface area contributed by atoms with E-state index in [-0.39, 0.29) is 0 Å². The van der Waals surface area contributed by atoms with Crippen LogP contribution in [0.15, 0.2) is 18.2 Å². The topological polar surface area (TPSA) is 69.4 Å². The lowest BCUT2D eigenvalue weighted by atomic mass is 9.98. The van der Waals surface area contributed by atoms with Gasteiger partial charge in [0.25, 0.3) is 0 Å². The van der Waals surface area contributed by atoms with Gasteiger partial charge < -0.3 is 4.18 Å². The molecule has 1 aliphatic rings. The summed E-state index contributed by atoms with van der Waals surface area (Å²) in [5.74, 6) is 0.964. The molecule has 0 amide bonds. The van der Waals surface area contributed by atoms with Crippen LogP contribution in [0.3, 0.4) is 0 Å². The Morgan fingerprint density at radius 2 is 1.86 bits per heavy atom. The molecule has 2 aromatic rings. The van der Waals surface area contributed by atoms with E-state index >= 15 is 0 Å². The van der Waals surface area contributed by atoms with Gasteiger partial charge in [-0.3, -0.25) is 0 Å². The first-order valence-corrected chi connectivity index (χ1v) is 9.98. The molecule has 22 heavy (non-hydrogen) atoms. The molecule has 1 aromatic carbocycles. The quantitative estimate of drug-likeness (QED) is 0.851. The van der Waals surface area contributed by atoms with Crippen molar-refractivity contribution in [3.8, 4) is 5.75 Å². The van der Waals surface area contributed by atoms with Crippen molar-refractivity contribution in [3.63, 3.8) is 0 Å². The summed E-state index contributed by atoms with van der Waals surface area (Å²) in [4.78, 5) is 1.41. The number of nitrogens with two attached hydrogens (primary N) is 1. The van der Waals surface area contributed by atoms with Crippen LogP contribution in [-0.2, 0) is 10.3 Å². The first kappa shape index (κ1) is 15.8. The summed E-state index contributed by atoms with van der Waals surface area (Å²) in [5, 5.41) is 6.13. The Bertz CT molecular complexity index is 772. The molecular weight excluding hydrogens is 318 g/mol. The third-order valence-corrected chi connectivity index (χ3v) is 6.21. The van der Waals surface area contributed by atoms with E-state index in [1.807, 2.05) is 13.0 Å². The lowest BCUT2D eigenvalue weighted by molar-refractivity contribution is 0.486. The molecule has 1 aromatic heterocycles. The van der Waals surface area contributed by atoms with Crippen LogP contribution in [0, 0.1) is 6.92 Å². The maximum absolute atomic E-state index is 11.1. The Morgan fingerprint density at radius 1 is 1.18 bits per heavy atom. The molecule has 0 saturated heterocycles. The van der Waals surface area contributed by atoms with Crippen LogP contribution in [0.2, 0.25) is 0 Å². The van der Waals surface area contributed by atoms with Gasteiger partial charge in [0.2, 0.25) is 0 Å². The number of benzene rings is 1. The zero-order valence-electron chi connectivity index (χ0n) is 12.7. The minimum absolute atomic E-state index is 0.323. The van der Waals surface area contributed by atoms with E-state index in [0.717, 1.165) is 15.6 Å². The van der Waals surface area contributed by atoms with E-state index < -0.39 is 10.3 Å². The van der Waals surface area contributed by atoms with E-state index in [9.17, 15) is 8.42 Å². The van der Waals surface area contributed by atoms with Crippen molar-refractivity contribution in [1.82, 2.24) is 0 Å². The summed E-state index contributed by atoms with van der Waals surface area (Å²) in [7, 11) is -3.98. The van der Waals surface area contributed by atoms with Crippen LogP contribution in [0.25, 0.3) is 10.1 Å². The second kappa shape index (κ2) is 6.18. The van der Waals surface area contributed by atoms with Gasteiger partial charge in [0, 0.05) is 15.1 Å². The third kappa shape index (κ3) is 3.45. The van der Waals surface area contributed by atoms with Crippen LogP contribution in [0.4, 0.5) is 0 Å². The maximum Gasteiger partial charge on any atom is 0.380 e. The van der Waals surface area contributed by atoms with Gasteiger partial charge in [-0.2, -0.15) is 13.6 Å². The second-order valence-corrected chi connectivity index (χ2v) is 8.26. The molecule has 0 bridgehead atoms. The van der Waals surface area contributed by atoms with Crippen LogP contribution in [0.1, 0.15) is 54.9 Å². The zero-order chi connectivity index (χ0) is 15.7. The molecule has 1 saturated carbocycles. The summed E-state index contributed by atoms with van der Waals surface area (Å²) >= 11 is 1.76. The summed E-state index contributed by atoms with van der Waals surface area (Å²) in [6.07, 6.45) is 7.80. The minimum Gasteiger partial charge on any atom is -0.371 e. The smallest absolute Gasteiger partial charge is 0.371 e. The molecule has 120 valence electrons. The summed E-state index contributed by atoms with van der Waals surface area (Å²) in [6.45, 7) is 1.89. The number of thiophene rings is 1. The van der Waals surface area contributed by atoms with Crippen molar-refractivity contribution < 1.29 is 12.6 Å². The molecule has 1 aliphatic carbocycles. The van der Waals surface area contributed by atoms with Crippen LogP contribution < -0.4 is 9.32 Å². The van der Waals surface area contributed by atoms with E-state index in [1.165, 1.54) is 43.4 Å². The Morgan fingerprint density at radius 3 is 2.50 bits per heavy atom. The minimum atomic E-state index is -3.98. The van der Waals surface area contributed by atoms with Gasteiger partial charge in [-0.25, -0.2) is 0 Å². The summed E-state index contributed by atoms with van der Waals surface area (Å²) < 4.78 is 28.2. The summed E-state index contributed by atoms with van der Waals surface area (Å²) in [6, 6.07) is 5.86. The fraction of sp³-hybridized carbons (Fsp3) is 0.500. The van der Waals surface area contributed by atoms with Gasteiger partial charge >= 0.3 is 10.3 Å². The average Bonchev–Trinajstić information content (AvgIpc) is 2.68. The Hall–Kier alpha value is -1.11. The van der Waals surface area contributed by atoms with Crippen molar-refractivity contribution in [2.75, 3.05) is 0 Å². The number of hydrogen-bond acceptors (Lipinski definition) is 4. The van der Waals surface area contributed by atoms with E-state index in [1.54, 1.807) is 17.4 Å². The van der Waals surface area contributed by atoms with Crippen molar-refractivity contribution >= 4 is 31.7 Å². The molecule has 0 spiro atoms. The van der Waals surface area contributed by atoms with Gasteiger partial charge in [0.15, 0.2) is 0 Å². The van der Waals surface area contributed by atoms with Crippen molar-refractivity contribution in [2.45, 2.75) is 51.4 Å². The Labute approximate surface area is 135 Å². The van der Waals surface area contributed by atoms with Crippen molar-refractivity contribution in [3.05, 3.63) is 28.6 Å². The average molecular weight is 339 g/mol. The fourth-order valence-corrected chi connectivity index (χ4v) is 4.98. The lowest BCUT2D eigenvalue weighted by Crippen LogP contribution is -2.19. The van der Waals surface area contributed by atoms with Crippen molar-refractivity contribution in [2.24, 2.45) is 5.14 Å². The molecule has 0 atom stereocenters. The SMILES string of the molecule is Cc1c(OS(N)(=O)=O)ccc2cc(C3CCCCCC3)sc12. The van der Waals surface area contributed by atoms with Gasteiger partial charge in [0.1, 0.15) is 5.75 Å². The molecule has 6 heteroatoms. The standard InChI is InChI=1S/C16H21NO3S2/c1-11-14(20-22(17,18)19)9-8-13-10-15(21-16(11)13)12-6-4-2-3-5-7-12/h8-10,12H,2-7H2,1H3,(H2,17,18,19). The number of rotatable bonds is 3. The Balaban J connectivity index is 1.97. The maximum atomic E-state index is 11.1. The molecule has 0 aliphatic heterocycles. The van der Waals surface area contributed by atoms with E-state index in [2.05, 4.69) is 6.07 Å². The number of hydrogen-bond donors (Lipinski definition) is 1. The van der Waals surface area contributed by atoms with Crippen LogP contribution in [0.5, 0.6) is 5.75 Å². The molecule has 3 rings (SSSR count). The molecule has 4 nitrogen and oxygen atoms in total. The highest BCUT2D eigenvalue weighted by atomic mass is 32.2. The highest BCUT2D eigenvalue weighted by Gasteiger charge is 2.19. The molecule has 2 N–H and O–H groups in total. The Kier molecular flexibility index (Phi) is 4.43. The largest absolute Gasteiger partial charge is 0.380 e. The number of fused-ring (bicyclic) bond motifs is 1. The van der Waals surface area contributed by atoms with Gasteiger partial charge in [0.05, 0.1) is 0 Å². The normalized spacial score (nSPS) is 17.5. The molecule has 1 fully saturated rings. The highest BCUT2D eigenvalue weighted by molar-refractivity contribution is 7.84. The summed E-state index contributed by atoms with van der Waals surface area (Å²) in [5.41, 5.74) is 0.844. The highest BCUT2D eigenvalue weighted by Crippen LogP contribution is 2.41. The van der Waals surface area contributed by atoms with Gasteiger partial charge in [-0.1, -0.05) is 25.7 Å². The molecule has 0 radical (unpaired) electrons. The van der Waals surface area contributed by atoms with Gasteiger partial charge in [-0.05, 0) is 49.3 Å². The van der Waals surface area contributed by atoms with Crippen LogP contribution in [-0.4, -0.2) is 8.42 Å². The van der Waals surface area contributed by atoms with Crippen LogP contribution >= 0.6 is 11.3 Å².